The van der Waals surface area contributed by atoms with Gasteiger partial charge in [0.05, 0.1) is 10.4 Å². The lowest BCUT2D eigenvalue weighted by molar-refractivity contribution is -0.135. The van der Waals surface area contributed by atoms with Gasteiger partial charge in [0.2, 0.25) is 5.91 Å². The monoisotopic (exact) mass is 391 g/mol. The molecule has 1 fully saturated rings. The highest BCUT2D eigenvalue weighted by Gasteiger charge is 2.49. The Kier molecular flexibility index (Phi) is 5.02. The molecule has 0 bridgehead atoms. The van der Waals surface area contributed by atoms with E-state index >= 15 is 0 Å². The molecule has 3 rings (SSSR count). The van der Waals surface area contributed by atoms with Crippen LogP contribution in [-0.4, -0.2) is 29.3 Å². The number of nitrogens with one attached hydrogen (secondary N) is 2. The van der Waals surface area contributed by atoms with E-state index in [1.165, 1.54) is 11.3 Å². The summed E-state index contributed by atoms with van der Waals surface area (Å²) < 4.78 is 0.633. The Bertz CT molecular complexity index is 854. The number of hydrogen-bond donors (Lipinski definition) is 2. The molecule has 0 radical (unpaired) electrons. The molecule has 2 unspecified atom stereocenters. The average molecular weight is 392 g/mol. The second-order valence-electron chi connectivity index (χ2n) is 6.24. The molecule has 1 saturated heterocycles. The normalized spacial score (nSPS) is 20.8. The fourth-order valence-electron chi connectivity index (χ4n) is 2.87. The van der Waals surface area contributed by atoms with E-state index in [2.05, 4.69) is 10.6 Å². The predicted octanol–water partition coefficient (Wildman–Crippen LogP) is 3.05. The SMILES string of the molecule is CC(NC(=O)CN1C(=O)NC(C)(c2ccccc2)C1=O)c1ccc(Cl)s1. The van der Waals surface area contributed by atoms with Crippen LogP contribution in [-0.2, 0) is 15.1 Å². The van der Waals surface area contributed by atoms with Crippen molar-refractivity contribution in [2.75, 3.05) is 6.54 Å². The van der Waals surface area contributed by atoms with Crippen molar-refractivity contribution in [2.24, 2.45) is 0 Å². The molecule has 8 heteroatoms. The molecular weight excluding hydrogens is 374 g/mol. The lowest BCUT2D eigenvalue weighted by Gasteiger charge is -2.22. The Morgan fingerprint density at radius 1 is 1.27 bits per heavy atom. The summed E-state index contributed by atoms with van der Waals surface area (Å²) in [7, 11) is 0. The lowest BCUT2D eigenvalue weighted by Crippen LogP contribution is -2.43. The van der Waals surface area contributed by atoms with Gasteiger partial charge in [0.1, 0.15) is 12.1 Å². The van der Waals surface area contributed by atoms with Crippen LogP contribution >= 0.6 is 22.9 Å². The molecule has 2 N–H and O–H groups in total. The Balaban J connectivity index is 1.69. The van der Waals surface area contributed by atoms with Gasteiger partial charge in [0, 0.05) is 4.88 Å². The van der Waals surface area contributed by atoms with Crippen LogP contribution in [0.15, 0.2) is 42.5 Å². The third-order valence-corrected chi connectivity index (χ3v) is 5.74. The summed E-state index contributed by atoms with van der Waals surface area (Å²) in [6.07, 6.45) is 0. The lowest BCUT2D eigenvalue weighted by atomic mass is 9.92. The number of benzene rings is 1. The first-order chi connectivity index (χ1) is 12.3. The molecule has 0 spiro atoms. The van der Waals surface area contributed by atoms with E-state index in [1.54, 1.807) is 37.3 Å². The summed E-state index contributed by atoms with van der Waals surface area (Å²) in [5, 5.41) is 5.47. The van der Waals surface area contributed by atoms with E-state index in [0.29, 0.717) is 9.90 Å². The molecule has 1 aliphatic rings. The van der Waals surface area contributed by atoms with Crippen molar-refractivity contribution < 1.29 is 14.4 Å². The minimum Gasteiger partial charge on any atom is -0.347 e. The molecule has 1 aliphatic heterocycles. The summed E-state index contributed by atoms with van der Waals surface area (Å²) >= 11 is 7.28. The van der Waals surface area contributed by atoms with Crippen molar-refractivity contribution in [3.8, 4) is 0 Å². The van der Waals surface area contributed by atoms with E-state index in [9.17, 15) is 14.4 Å². The first-order valence-electron chi connectivity index (χ1n) is 8.05. The van der Waals surface area contributed by atoms with Gasteiger partial charge in [0.15, 0.2) is 0 Å². The highest BCUT2D eigenvalue weighted by Crippen LogP contribution is 2.29. The number of halogens is 1. The number of hydrogen-bond acceptors (Lipinski definition) is 4. The maximum absolute atomic E-state index is 12.8. The number of rotatable bonds is 5. The molecule has 26 heavy (non-hydrogen) atoms. The predicted molar refractivity (Wildman–Crippen MR) is 99.9 cm³/mol. The van der Waals surface area contributed by atoms with Crippen molar-refractivity contribution in [1.82, 2.24) is 15.5 Å². The molecule has 2 heterocycles. The molecule has 2 aromatic rings. The summed E-state index contributed by atoms with van der Waals surface area (Å²) in [5.41, 5.74) is -0.506. The third-order valence-electron chi connectivity index (χ3n) is 4.33. The molecular formula is C18H18ClN3O3S. The maximum atomic E-state index is 12.8. The Morgan fingerprint density at radius 3 is 2.58 bits per heavy atom. The van der Waals surface area contributed by atoms with Gasteiger partial charge >= 0.3 is 6.03 Å². The van der Waals surface area contributed by atoms with Gasteiger partial charge in [0.25, 0.3) is 5.91 Å². The number of thiophene rings is 1. The highest BCUT2D eigenvalue weighted by atomic mass is 35.5. The van der Waals surface area contributed by atoms with Crippen LogP contribution < -0.4 is 10.6 Å². The Morgan fingerprint density at radius 2 is 1.96 bits per heavy atom. The molecule has 4 amide bonds. The summed E-state index contributed by atoms with van der Waals surface area (Å²) in [6.45, 7) is 3.12. The van der Waals surface area contributed by atoms with Crippen LogP contribution in [0.3, 0.4) is 0 Å². The van der Waals surface area contributed by atoms with Crippen molar-refractivity contribution >= 4 is 40.8 Å². The second kappa shape index (κ2) is 7.09. The van der Waals surface area contributed by atoms with E-state index < -0.39 is 23.4 Å². The molecule has 2 atom stereocenters. The minimum absolute atomic E-state index is 0.263. The highest BCUT2D eigenvalue weighted by molar-refractivity contribution is 7.16. The van der Waals surface area contributed by atoms with Crippen molar-refractivity contribution in [3.05, 3.63) is 57.2 Å². The molecule has 1 aromatic heterocycles. The zero-order chi connectivity index (χ0) is 18.9. The maximum Gasteiger partial charge on any atom is 0.325 e. The number of carbonyl (C=O) groups is 3. The van der Waals surface area contributed by atoms with Gasteiger partial charge in [-0.1, -0.05) is 41.9 Å². The number of amides is 4. The van der Waals surface area contributed by atoms with Gasteiger partial charge in [-0.05, 0) is 31.5 Å². The molecule has 0 saturated carbocycles. The number of nitrogens with zero attached hydrogens (tertiary/aromatic N) is 1. The third kappa shape index (κ3) is 3.45. The summed E-state index contributed by atoms with van der Waals surface area (Å²) in [5.74, 6) is -0.862. The largest absolute Gasteiger partial charge is 0.347 e. The fourth-order valence-corrected chi connectivity index (χ4v) is 3.93. The van der Waals surface area contributed by atoms with Crippen LogP contribution in [0.25, 0.3) is 0 Å². The number of urea groups is 1. The van der Waals surface area contributed by atoms with Crippen LogP contribution in [0.5, 0.6) is 0 Å². The van der Waals surface area contributed by atoms with Gasteiger partial charge in [-0.25, -0.2) is 4.79 Å². The number of imide groups is 1. The van der Waals surface area contributed by atoms with Gasteiger partial charge < -0.3 is 10.6 Å². The van der Waals surface area contributed by atoms with Gasteiger partial charge in [-0.2, -0.15) is 0 Å². The van der Waals surface area contributed by atoms with Gasteiger partial charge in [-0.3, -0.25) is 14.5 Å². The average Bonchev–Trinajstić information content (AvgIpc) is 3.14. The topological polar surface area (TPSA) is 78.5 Å². The van der Waals surface area contributed by atoms with Crippen molar-refractivity contribution in [3.63, 3.8) is 0 Å². The molecule has 6 nitrogen and oxygen atoms in total. The number of carbonyl (C=O) groups excluding carboxylic acids is 3. The summed E-state index contributed by atoms with van der Waals surface area (Å²) in [4.78, 5) is 39.2. The van der Waals surface area contributed by atoms with E-state index in [-0.39, 0.29) is 12.6 Å². The van der Waals surface area contributed by atoms with Crippen molar-refractivity contribution in [2.45, 2.75) is 25.4 Å². The first-order valence-corrected chi connectivity index (χ1v) is 9.25. The standard InChI is InChI=1S/C18H18ClN3O3S/c1-11(13-8-9-14(19)26-13)20-15(23)10-22-16(24)18(2,21-17(22)25)12-6-4-3-5-7-12/h3-9,11H,10H2,1-2H3,(H,20,23)(H,21,25). The zero-order valence-corrected chi connectivity index (χ0v) is 15.9. The van der Waals surface area contributed by atoms with Crippen LogP contribution in [0.1, 0.15) is 30.3 Å². The van der Waals surface area contributed by atoms with Crippen LogP contribution in [0.2, 0.25) is 4.34 Å². The van der Waals surface area contributed by atoms with Crippen molar-refractivity contribution in [1.29, 1.82) is 0 Å². The quantitative estimate of drug-likeness (QED) is 0.769. The molecule has 136 valence electrons. The van der Waals surface area contributed by atoms with E-state index in [1.807, 2.05) is 19.1 Å². The zero-order valence-electron chi connectivity index (χ0n) is 14.3. The smallest absolute Gasteiger partial charge is 0.325 e. The summed E-state index contributed by atoms with van der Waals surface area (Å²) in [6, 6.07) is 11.7. The fraction of sp³-hybridized carbons (Fsp3) is 0.278. The van der Waals surface area contributed by atoms with Crippen LogP contribution in [0.4, 0.5) is 4.79 Å². The minimum atomic E-state index is -1.18. The van der Waals surface area contributed by atoms with E-state index in [0.717, 1.165) is 9.78 Å². The Hall–Kier alpha value is -2.38. The van der Waals surface area contributed by atoms with Crippen LogP contribution in [0, 0.1) is 0 Å². The Labute approximate surface area is 160 Å². The van der Waals surface area contributed by atoms with E-state index in [4.69, 9.17) is 11.6 Å². The van der Waals surface area contributed by atoms with Gasteiger partial charge in [-0.15, -0.1) is 11.3 Å². The molecule has 1 aromatic carbocycles. The first kappa shape index (κ1) is 18.4. The second-order valence-corrected chi connectivity index (χ2v) is 7.99. The molecule has 0 aliphatic carbocycles.